The van der Waals surface area contributed by atoms with Crippen LogP contribution in [-0.4, -0.2) is 53.9 Å². The third-order valence-corrected chi connectivity index (χ3v) is 6.73. The van der Waals surface area contributed by atoms with Crippen LogP contribution in [0.5, 0.6) is 5.75 Å². The number of hydrogen-bond acceptors (Lipinski definition) is 4. The van der Waals surface area contributed by atoms with Crippen molar-refractivity contribution in [2.45, 2.75) is 32.7 Å². The lowest BCUT2D eigenvalue weighted by atomic mass is 9.87. The predicted octanol–water partition coefficient (Wildman–Crippen LogP) is 5.65. The van der Waals surface area contributed by atoms with Crippen LogP contribution in [0.1, 0.15) is 43.4 Å². The maximum atomic E-state index is 9.88. The summed E-state index contributed by atoms with van der Waals surface area (Å²) in [6, 6.07) is 27.3. The van der Waals surface area contributed by atoms with Crippen molar-refractivity contribution >= 4 is 16.8 Å². The Hall–Kier alpha value is -3.08. The number of piperazine rings is 1. The summed E-state index contributed by atoms with van der Waals surface area (Å²) in [6.45, 7) is 8.97. The minimum Gasteiger partial charge on any atom is -0.508 e. The van der Waals surface area contributed by atoms with E-state index in [1.807, 2.05) is 18.2 Å². The number of anilines is 1. The lowest BCUT2D eigenvalue weighted by molar-refractivity contribution is 0.209. The van der Waals surface area contributed by atoms with E-state index in [2.05, 4.69) is 72.2 Å². The number of hydrogen-bond donors (Lipinski definition) is 2. The normalized spacial score (nSPS) is 15.5. The second kappa shape index (κ2) is 11.4. The van der Waals surface area contributed by atoms with Crippen LogP contribution in [0.3, 0.4) is 0 Å². The molecule has 1 saturated heterocycles. The summed E-state index contributed by atoms with van der Waals surface area (Å²) < 4.78 is 0. The Morgan fingerprint density at radius 2 is 1.35 bits per heavy atom. The van der Waals surface area contributed by atoms with Crippen molar-refractivity contribution in [3.05, 3.63) is 95.6 Å². The van der Waals surface area contributed by atoms with Crippen molar-refractivity contribution in [1.82, 2.24) is 4.90 Å². The molecule has 4 rings (SSSR count). The van der Waals surface area contributed by atoms with Crippen LogP contribution >= 0.6 is 0 Å². The summed E-state index contributed by atoms with van der Waals surface area (Å²) in [4.78, 5) is 5.00. The SMILES string of the molecule is CC(C)N1CCN(c2ccc(/C(=C(/CCCO)c3ccccc3)c3ccc(O)cc3)cc2)CC1. The summed E-state index contributed by atoms with van der Waals surface area (Å²) in [5, 5.41) is 19.5. The van der Waals surface area contributed by atoms with Gasteiger partial charge in [0.2, 0.25) is 0 Å². The highest BCUT2D eigenvalue weighted by Gasteiger charge is 2.20. The van der Waals surface area contributed by atoms with Gasteiger partial charge in [-0.05, 0) is 78.8 Å². The molecule has 4 nitrogen and oxygen atoms in total. The molecule has 178 valence electrons. The third kappa shape index (κ3) is 5.69. The molecule has 0 aliphatic carbocycles. The number of aliphatic hydroxyl groups excluding tert-OH is 1. The van der Waals surface area contributed by atoms with Gasteiger partial charge < -0.3 is 15.1 Å². The molecule has 1 fully saturated rings. The van der Waals surface area contributed by atoms with Crippen LogP contribution in [-0.2, 0) is 0 Å². The van der Waals surface area contributed by atoms with Gasteiger partial charge in [-0.2, -0.15) is 0 Å². The average Bonchev–Trinajstić information content (AvgIpc) is 2.88. The first kappa shape index (κ1) is 24.1. The fourth-order valence-electron chi connectivity index (χ4n) is 4.79. The second-order valence-electron chi connectivity index (χ2n) is 9.26. The number of benzene rings is 3. The Bertz CT molecular complexity index is 1070. The smallest absolute Gasteiger partial charge is 0.115 e. The molecule has 0 radical (unpaired) electrons. The summed E-state index contributed by atoms with van der Waals surface area (Å²) in [5.74, 6) is 0.260. The molecule has 4 heteroatoms. The number of nitrogens with zero attached hydrogens (tertiary/aromatic N) is 2. The average molecular weight is 457 g/mol. The number of allylic oxidation sites excluding steroid dienone is 1. The minimum atomic E-state index is 0.153. The fraction of sp³-hybridized carbons (Fsp3) is 0.333. The Balaban J connectivity index is 1.72. The molecule has 2 N–H and O–H groups in total. The molecule has 0 saturated carbocycles. The van der Waals surface area contributed by atoms with Crippen LogP contribution in [0.4, 0.5) is 5.69 Å². The molecule has 1 heterocycles. The van der Waals surface area contributed by atoms with Crippen molar-refractivity contribution in [1.29, 1.82) is 0 Å². The first-order chi connectivity index (χ1) is 16.6. The monoisotopic (exact) mass is 456 g/mol. The van der Waals surface area contributed by atoms with Gasteiger partial charge in [-0.15, -0.1) is 0 Å². The van der Waals surface area contributed by atoms with E-state index in [0.717, 1.165) is 54.9 Å². The molecule has 0 spiro atoms. The summed E-state index contributed by atoms with van der Waals surface area (Å²) in [5.41, 5.74) is 6.98. The van der Waals surface area contributed by atoms with E-state index >= 15 is 0 Å². The lowest BCUT2D eigenvalue weighted by Crippen LogP contribution is -2.48. The zero-order valence-corrected chi connectivity index (χ0v) is 20.3. The van der Waals surface area contributed by atoms with Gasteiger partial charge in [-0.3, -0.25) is 4.90 Å². The fourth-order valence-corrected chi connectivity index (χ4v) is 4.79. The van der Waals surface area contributed by atoms with Crippen LogP contribution in [0.15, 0.2) is 78.9 Å². The van der Waals surface area contributed by atoms with Crippen molar-refractivity contribution < 1.29 is 10.2 Å². The molecule has 1 aliphatic rings. The van der Waals surface area contributed by atoms with E-state index < -0.39 is 0 Å². The van der Waals surface area contributed by atoms with E-state index in [1.165, 1.54) is 11.3 Å². The van der Waals surface area contributed by atoms with Gasteiger partial charge in [-0.25, -0.2) is 0 Å². The Kier molecular flexibility index (Phi) is 8.04. The third-order valence-electron chi connectivity index (χ3n) is 6.73. The predicted molar refractivity (Wildman–Crippen MR) is 142 cm³/mol. The molecular weight excluding hydrogens is 420 g/mol. The van der Waals surface area contributed by atoms with Crippen LogP contribution in [0.2, 0.25) is 0 Å². The summed E-state index contributed by atoms with van der Waals surface area (Å²) in [6.07, 6.45) is 1.47. The highest BCUT2D eigenvalue weighted by atomic mass is 16.3. The van der Waals surface area contributed by atoms with Gasteiger partial charge in [0.25, 0.3) is 0 Å². The van der Waals surface area contributed by atoms with Gasteiger partial charge >= 0.3 is 0 Å². The first-order valence-electron chi connectivity index (χ1n) is 12.3. The van der Waals surface area contributed by atoms with Crippen LogP contribution in [0, 0.1) is 0 Å². The maximum absolute atomic E-state index is 9.88. The zero-order chi connectivity index (χ0) is 23.9. The number of phenols is 1. The molecule has 0 amide bonds. The number of rotatable bonds is 8. The molecule has 1 aliphatic heterocycles. The molecule has 0 aromatic heterocycles. The van der Waals surface area contributed by atoms with Gasteiger partial charge in [0.05, 0.1) is 0 Å². The van der Waals surface area contributed by atoms with E-state index in [-0.39, 0.29) is 12.4 Å². The number of aromatic hydroxyl groups is 1. The first-order valence-corrected chi connectivity index (χ1v) is 12.3. The molecule has 0 atom stereocenters. The van der Waals surface area contributed by atoms with E-state index in [1.54, 1.807) is 12.1 Å². The van der Waals surface area contributed by atoms with Crippen molar-refractivity contribution in [3.8, 4) is 5.75 Å². The molecule has 0 unspecified atom stereocenters. The molecule has 3 aromatic carbocycles. The molecule has 0 bridgehead atoms. The lowest BCUT2D eigenvalue weighted by Gasteiger charge is -2.38. The molecule has 3 aromatic rings. The summed E-state index contributed by atoms with van der Waals surface area (Å²) >= 11 is 0. The molecular formula is C30H36N2O2. The highest BCUT2D eigenvalue weighted by molar-refractivity contribution is 5.98. The number of phenolic OH excluding ortho intramolecular Hbond substituents is 1. The highest BCUT2D eigenvalue weighted by Crippen LogP contribution is 2.36. The largest absolute Gasteiger partial charge is 0.508 e. The van der Waals surface area contributed by atoms with Crippen LogP contribution in [0.25, 0.3) is 11.1 Å². The van der Waals surface area contributed by atoms with Crippen molar-refractivity contribution in [2.24, 2.45) is 0 Å². The van der Waals surface area contributed by atoms with Gasteiger partial charge in [0, 0.05) is 44.5 Å². The standard InChI is InChI=1S/C30H36N2O2/c1-23(2)31-18-20-32(21-19-31)27-14-10-25(11-15-27)30(26-12-16-28(34)17-13-26)29(9-6-22-33)24-7-4-3-5-8-24/h3-5,7-8,10-17,23,33-34H,6,9,18-22H2,1-2H3/b30-29+. The number of aliphatic hydroxyl groups is 1. The van der Waals surface area contributed by atoms with E-state index in [9.17, 15) is 10.2 Å². The van der Waals surface area contributed by atoms with Gasteiger partial charge in [0.15, 0.2) is 0 Å². The Morgan fingerprint density at radius 1 is 0.765 bits per heavy atom. The summed E-state index contributed by atoms with van der Waals surface area (Å²) in [7, 11) is 0. The zero-order valence-electron chi connectivity index (χ0n) is 20.3. The van der Waals surface area contributed by atoms with Gasteiger partial charge in [0.1, 0.15) is 5.75 Å². The Morgan fingerprint density at radius 3 is 1.91 bits per heavy atom. The topological polar surface area (TPSA) is 46.9 Å². The van der Waals surface area contributed by atoms with Gasteiger partial charge in [-0.1, -0.05) is 54.6 Å². The van der Waals surface area contributed by atoms with E-state index in [4.69, 9.17) is 0 Å². The maximum Gasteiger partial charge on any atom is 0.115 e. The van der Waals surface area contributed by atoms with Crippen LogP contribution < -0.4 is 4.90 Å². The Labute approximate surface area is 203 Å². The molecule has 34 heavy (non-hydrogen) atoms. The second-order valence-corrected chi connectivity index (χ2v) is 9.26. The quantitative estimate of drug-likeness (QED) is 0.430. The van der Waals surface area contributed by atoms with Crippen molar-refractivity contribution in [2.75, 3.05) is 37.7 Å². The van der Waals surface area contributed by atoms with Crippen molar-refractivity contribution in [3.63, 3.8) is 0 Å². The van der Waals surface area contributed by atoms with E-state index in [0.29, 0.717) is 12.5 Å². The minimum absolute atomic E-state index is 0.153.